The lowest BCUT2D eigenvalue weighted by molar-refractivity contribution is -0.142. The van der Waals surface area contributed by atoms with E-state index >= 15 is 0 Å². The van der Waals surface area contributed by atoms with E-state index in [-0.39, 0.29) is 39.9 Å². The first kappa shape index (κ1) is 25.7. The Balaban J connectivity index is 1.40. The molecule has 36 heavy (non-hydrogen) atoms. The molecule has 0 aromatic carbocycles. The van der Waals surface area contributed by atoms with Crippen LogP contribution in [0.1, 0.15) is 79.6 Å². The van der Waals surface area contributed by atoms with Crippen LogP contribution in [-0.4, -0.2) is 64.9 Å². The number of nitrogens with one attached hydrogen (secondary N) is 2. The summed E-state index contributed by atoms with van der Waals surface area (Å²) >= 11 is 0. The first-order valence-electron chi connectivity index (χ1n) is 13.8. The topological polar surface area (TPSA) is 108 Å². The van der Waals surface area contributed by atoms with Gasteiger partial charge in [-0.2, -0.15) is 0 Å². The summed E-state index contributed by atoms with van der Waals surface area (Å²) in [5.41, 5.74) is 8.26. The smallest absolute Gasteiger partial charge is 0.260 e. The zero-order valence-electron chi connectivity index (χ0n) is 22.8. The second-order valence-electron chi connectivity index (χ2n) is 13.8. The van der Waals surface area contributed by atoms with Crippen LogP contribution in [-0.2, 0) is 14.4 Å². The van der Waals surface area contributed by atoms with Crippen LogP contribution in [0.25, 0.3) is 0 Å². The highest BCUT2D eigenvalue weighted by atomic mass is 16.2. The monoisotopic (exact) mass is 499 g/mol. The van der Waals surface area contributed by atoms with Gasteiger partial charge in [-0.1, -0.05) is 47.1 Å². The Bertz CT molecular complexity index is 976. The molecule has 3 saturated carbocycles. The van der Waals surface area contributed by atoms with Crippen molar-refractivity contribution in [2.45, 2.75) is 97.2 Å². The molecule has 0 aromatic heterocycles. The second kappa shape index (κ2) is 8.03. The number of rotatable bonds is 6. The van der Waals surface area contributed by atoms with Crippen molar-refractivity contribution in [3.8, 4) is 0 Å². The average Bonchev–Trinajstić information content (AvgIpc) is 3.27. The van der Waals surface area contributed by atoms with Crippen molar-refractivity contribution in [3.05, 3.63) is 12.7 Å². The van der Waals surface area contributed by atoms with E-state index in [2.05, 4.69) is 31.2 Å². The first-order chi connectivity index (χ1) is 16.8. The minimum absolute atomic E-state index is 0.0696. The Hall–Kier alpha value is -1.93. The van der Waals surface area contributed by atoms with Crippen molar-refractivity contribution < 1.29 is 14.4 Å². The molecule has 0 bridgehead atoms. The van der Waals surface area contributed by atoms with Crippen LogP contribution >= 0.6 is 0 Å². The van der Waals surface area contributed by atoms with E-state index in [1.807, 2.05) is 25.8 Å². The molecule has 200 valence electrons. The van der Waals surface area contributed by atoms with Crippen molar-refractivity contribution in [2.75, 3.05) is 19.6 Å². The van der Waals surface area contributed by atoms with Crippen LogP contribution in [0.5, 0.6) is 0 Å². The molecule has 0 aromatic rings. The highest BCUT2D eigenvalue weighted by molar-refractivity contribution is 5.98. The maximum Gasteiger partial charge on any atom is 0.260 e. The normalized spacial score (nSPS) is 36.9. The molecule has 4 N–H and O–H groups in total. The molecule has 3 amide bonds. The number of fused-ring (bicyclic) bond motifs is 1. The van der Waals surface area contributed by atoms with Gasteiger partial charge in [-0.25, -0.2) is 5.01 Å². The quantitative estimate of drug-likeness (QED) is 0.486. The highest BCUT2D eigenvalue weighted by Crippen LogP contribution is 2.88. The molecule has 5 aliphatic rings. The molecule has 2 saturated heterocycles. The molecule has 0 radical (unpaired) electrons. The predicted octanol–water partition coefficient (Wildman–Crippen LogP) is 2.35. The van der Waals surface area contributed by atoms with Gasteiger partial charge in [-0.05, 0) is 54.8 Å². The van der Waals surface area contributed by atoms with Gasteiger partial charge in [-0.15, -0.1) is 6.58 Å². The lowest BCUT2D eigenvalue weighted by atomic mass is 9.73. The van der Waals surface area contributed by atoms with Crippen LogP contribution in [0.4, 0.5) is 0 Å². The number of likely N-dealkylation sites (tertiary alicyclic amines) is 1. The van der Waals surface area contributed by atoms with Gasteiger partial charge in [0, 0.05) is 31.0 Å². The number of hydrogen-bond donors (Lipinski definition) is 3. The summed E-state index contributed by atoms with van der Waals surface area (Å²) in [5, 5.41) is 5.05. The summed E-state index contributed by atoms with van der Waals surface area (Å²) in [6, 6.07) is -1.32. The number of hydrogen-bond acceptors (Lipinski definition) is 5. The third-order valence-corrected chi connectivity index (χ3v) is 11.0. The molecular formula is C28H45N5O3. The zero-order valence-corrected chi connectivity index (χ0v) is 22.8. The minimum atomic E-state index is -0.995. The van der Waals surface area contributed by atoms with Gasteiger partial charge >= 0.3 is 0 Å². The zero-order chi connectivity index (χ0) is 26.3. The molecule has 2 spiro atoms. The number of amides is 3. The highest BCUT2D eigenvalue weighted by Gasteiger charge is 2.85. The minimum Gasteiger partial charge on any atom is -0.339 e. The van der Waals surface area contributed by atoms with Gasteiger partial charge in [0.2, 0.25) is 11.8 Å². The summed E-state index contributed by atoms with van der Waals surface area (Å²) in [5.74, 6) is -0.694. The van der Waals surface area contributed by atoms with Crippen molar-refractivity contribution in [2.24, 2.45) is 33.3 Å². The van der Waals surface area contributed by atoms with Gasteiger partial charge in [0.1, 0.15) is 11.6 Å². The molecule has 3 aliphatic carbocycles. The van der Waals surface area contributed by atoms with Crippen LogP contribution < -0.4 is 16.5 Å². The largest absolute Gasteiger partial charge is 0.339 e. The van der Waals surface area contributed by atoms with Gasteiger partial charge < -0.3 is 16.0 Å². The SMILES string of the molecule is C=C[C@@H]1C[C@]1(NC(=O)[C@@H]1C[C@@]2(CN1C(=O)[C@@H](N)C(C)(C)C)C(C)(C)C21CCC1)C(=O)NN1CCCC1. The third kappa shape index (κ3) is 3.35. The summed E-state index contributed by atoms with van der Waals surface area (Å²) in [4.78, 5) is 42.8. The molecule has 8 nitrogen and oxygen atoms in total. The van der Waals surface area contributed by atoms with E-state index in [4.69, 9.17) is 5.73 Å². The molecule has 2 heterocycles. The molecule has 8 heteroatoms. The maximum atomic E-state index is 14.0. The molecule has 5 atom stereocenters. The summed E-state index contributed by atoms with van der Waals surface area (Å²) in [6.07, 6.45) is 8.55. The van der Waals surface area contributed by atoms with E-state index in [0.29, 0.717) is 19.4 Å². The first-order valence-corrected chi connectivity index (χ1v) is 13.8. The predicted molar refractivity (Wildman–Crippen MR) is 138 cm³/mol. The summed E-state index contributed by atoms with van der Waals surface area (Å²) < 4.78 is 0. The third-order valence-electron chi connectivity index (χ3n) is 11.0. The fraction of sp³-hybridized carbons (Fsp3) is 0.821. The Morgan fingerprint density at radius 1 is 1.06 bits per heavy atom. The van der Waals surface area contributed by atoms with Crippen molar-refractivity contribution in [1.29, 1.82) is 0 Å². The van der Waals surface area contributed by atoms with Crippen LogP contribution in [0, 0.1) is 27.6 Å². The van der Waals surface area contributed by atoms with E-state index in [9.17, 15) is 14.4 Å². The van der Waals surface area contributed by atoms with Crippen molar-refractivity contribution in [1.82, 2.24) is 20.7 Å². The Labute approximate surface area is 215 Å². The average molecular weight is 500 g/mol. The Morgan fingerprint density at radius 2 is 1.69 bits per heavy atom. The fourth-order valence-corrected chi connectivity index (χ4v) is 8.02. The molecule has 5 fully saturated rings. The fourth-order valence-electron chi connectivity index (χ4n) is 8.02. The Morgan fingerprint density at radius 3 is 2.17 bits per heavy atom. The van der Waals surface area contributed by atoms with E-state index in [1.54, 1.807) is 11.0 Å². The van der Waals surface area contributed by atoms with Crippen molar-refractivity contribution >= 4 is 17.7 Å². The lowest BCUT2D eigenvalue weighted by Crippen LogP contribution is -2.59. The van der Waals surface area contributed by atoms with E-state index in [1.165, 1.54) is 6.42 Å². The van der Waals surface area contributed by atoms with Crippen molar-refractivity contribution in [3.63, 3.8) is 0 Å². The number of nitrogens with zero attached hydrogens (tertiary/aromatic N) is 2. The molecule has 2 aliphatic heterocycles. The summed E-state index contributed by atoms with van der Waals surface area (Å²) in [6.45, 7) is 16.6. The number of carbonyl (C=O) groups is 3. The van der Waals surface area contributed by atoms with Gasteiger partial charge in [0.25, 0.3) is 5.91 Å². The molecule has 0 unspecified atom stereocenters. The Kier molecular flexibility index (Phi) is 5.74. The standard InChI is InChI=1S/C28H45N5O3/c1-7-18-15-28(18,23(36)31-32-13-8-9-14-32)30-21(34)19-16-27(25(5,6)26(27)11-10-12-26)17-33(19)22(35)20(29)24(2,3)4/h7,18-20H,1,8-17,29H2,2-6H3,(H,30,34)(H,31,36)/t18-,19+,20-,27-,28-/m1/s1. The molecule has 5 rings (SSSR count). The molecular weight excluding hydrogens is 454 g/mol. The number of hydrazine groups is 1. The van der Waals surface area contributed by atoms with Crippen LogP contribution in [0.2, 0.25) is 0 Å². The van der Waals surface area contributed by atoms with E-state index in [0.717, 1.165) is 38.8 Å². The van der Waals surface area contributed by atoms with Crippen LogP contribution in [0.15, 0.2) is 12.7 Å². The summed E-state index contributed by atoms with van der Waals surface area (Å²) in [7, 11) is 0. The van der Waals surface area contributed by atoms with E-state index < -0.39 is 23.0 Å². The maximum absolute atomic E-state index is 14.0. The second-order valence-corrected chi connectivity index (χ2v) is 13.8. The van der Waals surface area contributed by atoms with Gasteiger partial charge in [0.05, 0.1) is 6.04 Å². The number of carbonyl (C=O) groups excluding carboxylic acids is 3. The number of nitrogens with two attached hydrogens (primary N) is 1. The van der Waals surface area contributed by atoms with Crippen LogP contribution in [0.3, 0.4) is 0 Å². The lowest BCUT2D eigenvalue weighted by Gasteiger charge is -2.34. The van der Waals surface area contributed by atoms with Gasteiger partial charge in [-0.3, -0.25) is 19.8 Å². The van der Waals surface area contributed by atoms with Gasteiger partial charge in [0.15, 0.2) is 0 Å².